The number of alkyl halides is 1. The van der Waals surface area contributed by atoms with Gasteiger partial charge in [0.25, 0.3) is 0 Å². The molecule has 1 fully saturated rings. The highest BCUT2D eigenvalue weighted by atomic mass is 19.1. The van der Waals surface area contributed by atoms with Crippen LogP contribution in [-0.4, -0.2) is 12.8 Å². The maximum Gasteiger partial charge on any atom is 0.152 e. The van der Waals surface area contributed by atoms with Gasteiger partial charge < -0.3 is 4.74 Å². The molecule has 1 aromatic rings. The number of benzene rings is 1. The highest BCUT2D eigenvalue weighted by Gasteiger charge is 2.24. The van der Waals surface area contributed by atoms with Crippen LogP contribution in [0.15, 0.2) is 54.6 Å². The number of rotatable bonds is 10. The number of halogens is 1. The molecule has 0 aromatic heterocycles. The smallest absolute Gasteiger partial charge is 0.152 e. The van der Waals surface area contributed by atoms with Crippen LogP contribution in [0.25, 0.3) is 0 Å². The zero-order chi connectivity index (χ0) is 17.0. The topological polar surface area (TPSA) is 9.23 Å². The minimum absolute atomic E-state index is 0.0921. The molecule has 0 amide bonds. The van der Waals surface area contributed by atoms with Gasteiger partial charge in [-0.15, -0.1) is 0 Å². The van der Waals surface area contributed by atoms with E-state index in [1.54, 1.807) is 6.08 Å². The number of para-hydroxylation sites is 1. The van der Waals surface area contributed by atoms with Crippen LogP contribution in [0.2, 0.25) is 0 Å². The molecule has 1 saturated carbocycles. The van der Waals surface area contributed by atoms with Gasteiger partial charge in [-0.25, -0.2) is 4.39 Å². The third-order valence-corrected chi connectivity index (χ3v) is 4.77. The molecule has 2 rings (SSSR count). The van der Waals surface area contributed by atoms with Crippen molar-refractivity contribution in [3.8, 4) is 5.75 Å². The van der Waals surface area contributed by atoms with Gasteiger partial charge >= 0.3 is 0 Å². The van der Waals surface area contributed by atoms with E-state index in [1.807, 2.05) is 30.3 Å². The van der Waals surface area contributed by atoms with E-state index in [9.17, 15) is 4.39 Å². The summed E-state index contributed by atoms with van der Waals surface area (Å²) in [4.78, 5) is 0. The molecule has 24 heavy (non-hydrogen) atoms. The van der Waals surface area contributed by atoms with Crippen molar-refractivity contribution in [1.29, 1.82) is 0 Å². The van der Waals surface area contributed by atoms with Gasteiger partial charge in [-0.3, -0.25) is 0 Å². The third-order valence-electron chi connectivity index (χ3n) is 4.77. The van der Waals surface area contributed by atoms with E-state index >= 15 is 0 Å². The first kappa shape index (κ1) is 18.8. The molecule has 0 radical (unpaired) electrons. The molecule has 0 N–H and O–H groups in total. The van der Waals surface area contributed by atoms with Crippen molar-refractivity contribution in [3.05, 3.63) is 54.6 Å². The summed E-state index contributed by atoms with van der Waals surface area (Å²) in [5.41, 5.74) is 0. The Balaban J connectivity index is 1.71. The lowest BCUT2D eigenvalue weighted by atomic mass is 9.92. The highest BCUT2D eigenvalue weighted by Crippen LogP contribution is 2.35. The van der Waals surface area contributed by atoms with Gasteiger partial charge in [0, 0.05) is 0 Å². The second kappa shape index (κ2) is 11.1. The van der Waals surface area contributed by atoms with Crippen molar-refractivity contribution in [2.24, 2.45) is 11.8 Å². The van der Waals surface area contributed by atoms with Crippen molar-refractivity contribution in [2.75, 3.05) is 6.61 Å². The van der Waals surface area contributed by atoms with Gasteiger partial charge in [-0.2, -0.15) is 0 Å². The first-order valence-corrected chi connectivity index (χ1v) is 9.44. The predicted molar refractivity (Wildman–Crippen MR) is 100 cm³/mol. The Bertz CT molecular complexity index is 494. The van der Waals surface area contributed by atoms with E-state index < -0.39 is 6.17 Å². The zero-order valence-electron chi connectivity index (χ0n) is 14.9. The van der Waals surface area contributed by atoms with Crippen LogP contribution in [-0.2, 0) is 0 Å². The molecular formula is C22H31FO. The minimum Gasteiger partial charge on any atom is -0.490 e. The molecule has 0 aliphatic heterocycles. The molecule has 1 nitrogen and oxygen atoms in total. The molecule has 1 aromatic carbocycles. The van der Waals surface area contributed by atoms with Gasteiger partial charge in [-0.05, 0) is 49.7 Å². The summed E-state index contributed by atoms with van der Waals surface area (Å²) in [6, 6.07) is 9.43. The largest absolute Gasteiger partial charge is 0.490 e. The number of allylic oxidation sites excluding steroid dienone is 3. The second-order valence-corrected chi connectivity index (χ2v) is 6.73. The Hall–Kier alpha value is -1.57. The maximum absolute atomic E-state index is 14.0. The van der Waals surface area contributed by atoms with Crippen molar-refractivity contribution in [3.63, 3.8) is 0 Å². The molecule has 0 heterocycles. The van der Waals surface area contributed by atoms with E-state index in [0.29, 0.717) is 11.8 Å². The van der Waals surface area contributed by atoms with Crippen molar-refractivity contribution >= 4 is 0 Å². The van der Waals surface area contributed by atoms with Gasteiger partial charge in [0.2, 0.25) is 0 Å². The predicted octanol–water partition coefficient (Wildman–Crippen LogP) is 6.51. The highest BCUT2D eigenvalue weighted by molar-refractivity contribution is 5.21. The van der Waals surface area contributed by atoms with Gasteiger partial charge in [-0.1, -0.05) is 68.7 Å². The summed E-state index contributed by atoms with van der Waals surface area (Å²) in [5, 5.41) is 0. The Morgan fingerprint density at radius 1 is 1.21 bits per heavy atom. The summed E-state index contributed by atoms with van der Waals surface area (Å²) >= 11 is 0. The Labute approximate surface area is 146 Å². The monoisotopic (exact) mass is 330 g/mol. The van der Waals surface area contributed by atoms with Crippen LogP contribution >= 0.6 is 0 Å². The van der Waals surface area contributed by atoms with E-state index in [2.05, 4.69) is 25.2 Å². The summed E-state index contributed by atoms with van der Waals surface area (Å²) < 4.78 is 19.5. The Kier molecular flexibility index (Phi) is 8.65. The molecule has 132 valence electrons. The summed E-state index contributed by atoms with van der Waals surface area (Å²) in [6.45, 7) is 2.31. The van der Waals surface area contributed by atoms with E-state index in [-0.39, 0.29) is 6.61 Å². The number of hydrogen-bond acceptors (Lipinski definition) is 1. The molecule has 0 spiro atoms. The van der Waals surface area contributed by atoms with Crippen molar-refractivity contribution < 1.29 is 9.13 Å². The van der Waals surface area contributed by atoms with E-state index in [1.165, 1.54) is 38.5 Å². The SMILES string of the molecule is CCCC/C=C\CC1CCCC1/C=C/C(F)COc1ccccc1. The van der Waals surface area contributed by atoms with Crippen molar-refractivity contribution in [2.45, 2.75) is 58.0 Å². The van der Waals surface area contributed by atoms with Crippen LogP contribution in [0.5, 0.6) is 5.75 Å². The number of hydrogen-bond donors (Lipinski definition) is 0. The Morgan fingerprint density at radius 3 is 2.83 bits per heavy atom. The fourth-order valence-corrected chi connectivity index (χ4v) is 3.33. The first-order valence-electron chi connectivity index (χ1n) is 9.44. The van der Waals surface area contributed by atoms with Gasteiger partial charge in [0.15, 0.2) is 6.17 Å². The van der Waals surface area contributed by atoms with Gasteiger partial charge in [0.05, 0.1) is 0 Å². The lowest BCUT2D eigenvalue weighted by Gasteiger charge is -2.14. The minimum atomic E-state index is -1.04. The lowest BCUT2D eigenvalue weighted by Crippen LogP contribution is -2.11. The average Bonchev–Trinajstić information content (AvgIpc) is 3.06. The van der Waals surface area contributed by atoms with E-state index in [4.69, 9.17) is 4.74 Å². The Morgan fingerprint density at radius 2 is 2.04 bits per heavy atom. The summed E-state index contributed by atoms with van der Waals surface area (Å²) in [5.74, 6) is 1.93. The molecule has 0 saturated heterocycles. The molecule has 1 aliphatic rings. The zero-order valence-corrected chi connectivity index (χ0v) is 14.9. The lowest BCUT2D eigenvalue weighted by molar-refractivity contribution is 0.228. The number of ether oxygens (including phenoxy) is 1. The van der Waals surface area contributed by atoms with Crippen molar-refractivity contribution in [1.82, 2.24) is 0 Å². The first-order chi connectivity index (χ1) is 11.8. The number of unbranched alkanes of at least 4 members (excludes halogenated alkanes) is 2. The fourth-order valence-electron chi connectivity index (χ4n) is 3.33. The quantitative estimate of drug-likeness (QED) is 0.351. The maximum atomic E-state index is 14.0. The molecular weight excluding hydrogens is 299 g/mol. The average molecular weight is 330 g/mol. The van der Waals surface area contributed by atoms with Gasteiger partial charge in [0.1, 0.15) is 12.4 Å². The molecule has 2 heteroatoms. The summed E-state index contributed by atoms with van der Waals surface area (Å²) in [7, 11) is 0. The molecule has 3 unspecified atom stereocenters. The van der Waals surface area contributed by atoms with Crippen LogP contribution in [0.3, 0.4) is 0 Å². The van der Waals surface area contributed by atoms with Crippen LogP contribution < -0.4 is 4.74 Å². The fraction of sp³-hybridized carbons (Fsp3) is 0.545. The van der Waals surface area contributed by atoms with E-state index in [0.717, 1.165) is 12.2 Å². The van der Waals surface area contributed by atoms with Crippen LogP contribution in [0, 0.1) is 11.8 Å². The standard InChI is InChI=1S/C22H31FO/c1-2-3-4-5-7-11-19-12-10-13-20(19)16-17-21(23)18-24-22-14-8-6-9-15-22/h5-9,14-17,19-21H,2-4,10-13,18H2,1H3/b7-5-,17-16+. The third kappa shape index (κ3) is 6.90. The molecule has 1 aliphatic carbocycles. The van der Waals surface area contributed by atoms with Crippen LogP contribution in [0.4, 0.5) is 4.39 Å². The summed E-state index contributed by atoms with van der Waals surface area (Å²) in [6.07, 6.45) is 16.0. The molecule has 3 atom stereocenters. The normalized spacial score (nSPS) is 22.4. The molecule has 0 bridgehead atoms. The second-order valence-electron chi connectivity index (χ2n) is 6.73. The van der Waals surface area contributed by atoms with Crippen LogP contribution in [0.1, 0.15) is 51.9 Å².